The van der Waals surface area contributed by atoms with Crippen LogP contribution in [-0.4, -0.2) is 39.4 Å². The Bertz CT molecular complexity index is 1120. The molecule has 1 saturated heterocycles. The molecular formula is C22H18BrCl2NO5S2. The third-order valence-corrected chi connectivity index (χ3v) is 7.15. The highest BCUT2D eigenvalue weighted by Crippen LogP contribution is 2.40. The molecule has 11 heteroatoms. The summed E-state index contributed by atoms with van der Waals surface area (Å²) in [6, 6.07) is 8.77. The fourth-order valence-electron chi connectivity index (χ4n) is 2.94. The van der Waals surface area contributed by atoms with Crippen LogP contribution in [0.4, 0.5) is 0 Å². The molecule has 1 heterocycles. The van der Waals surface area contributed by atoms with E-state index in [1.807, 2.05) is 6.92 Å². The molecule has 1 aliphatic heterocycles. The number of nitrogens with zero attached hydrogens (tertiary/aromatic N) is 1. The highest BCUT2D eigenvalue weighted by Gasteiger charge is 2.32. The van der Waals surface area contributed by atoms with E-state index in [0.717, 1.165) is 11.8 Å². The van der Waals surface area contributed by atoms with Crippen molar-refractivity contribution in [2.24, 2.45) is 0 Å². The molecular weight excluding hydrogens is 573 g/mol. The Morgan fingerprint density at radius 1 is 1.27 bits per heavy atom. The molecule has 1 fully saturated rings. The molecule has 3 rings (SSSR count). The molecule has 2 aromatic rings. The maximum atomic E-state index is 12.7. The smallest absolute Gasteiger partial charge is 0.305 e. The van der Waals surface area contributed by atoms with Gasteiger partial charge in [-0.05, 0) is 58.8 Å². The van der Waals surface area contributed by atoms with Gasteiger partial charge in [0.05, 0.1) is 22.4 Å². The van der Waals surface area contributed by atoms with Gasteiger partial charge in [0.1, 0.15) is 10.9 Å². The van der Waals surface area contributed by atoms with Gasteiger partial charge in [-0.25, -0.2) is 0 Å². The van der Waals surface area contributed by atoms with Gasteiger partial charge in [-0.3, -0.25) is 14.5 Å². The summed E-state index contributed by atoms with van der Waals surface area (Å²) in [5.74, 6) is -0.373. The first-order chi connectivity index (χ1) is 15.7. The van der Waals surface area contributed by atoms with Crippen LogP contribution in [0.2, 0.25) is 10.0 Å². The summed E-state index contributed by atoms with van der Waals surface area (Å²) in [7, 11) is 0. The van der Waals surface area contributed by atoms with Crippen molar-refractivity contribution in [3.63, 3.8) is 0 Å². The molecule has 6 nitrogen and oxygen atoms in total. The van der Waals surface area contributed by atoms with Gasteiger partial charge in [-0.15, -0.1) is 0 Å². The minimum Gasteiger partial charge on any atom is -0.490 e. The Morgan fingerprint density at radius 3 is 2.61 bits per heavy atom. The standard InChI is InChI=1S/C22H18BrCl2NO5S2/c1-2-30-17-9-12(10-18-21(29)26(22(32)33-18)7-6-19(27)28)8-14(23)20(17)31-11-13-15(24)4-3-5-16(13)25/h3-5,8-10H,2,6-7,11H2,1H3,(H,27,28)/b18-10-. The van der Waals surface area contributed by atoms with E-state index < -0.39 is 5.97 Å². The number of carbonyl (C=O) groups excluding carboxylic acids is 1. The van der Waals surface area contributed by atoms with Gasteiger partial charge < -0.3 is 14.6 Å². The number of amides is 1. The molecule has 0 bridgehead atoms. The molecule has 0 aliphatic carbocycles. The zero-order valence-corrected chi connectivity index (χ0v) is 22.0. The summed E-state index contributed by atoms with van der Waals surface area (Å²) >= 11 is 22.4. The van der Waals surface area contributed by atoms with E-state index >= 15 is 0 Å². The maximum absolute atomic E-state index is 12.7. The van der Waals surface area contributed by atoms with Crippen LogP contribution in [-0.2, 0) is 16.2 Å². The highest BCUT2D eigenvalue weighted by molar-refractivity contribution is 9.10. The Hall–Kier alpha value is -1.78. The van der Waals surface area contributed by atoms with Gasteiger partial charge >= 0.3 is 5.97 Å². The Balaban J connectivity index is 1.86. The number of ether oxygens (including phenoxy) is 2. The zero-order chi connectivity index (χ0) is 24.1. The minimum atomic E-state index is -0.994. The molecule has 2 aromatic carbocycles. The normalized spacial score (nSPS) is 14.8. The number of benzene rings is 2. The van der Waals surface area contributed by atoms with Crippen LogP contribution in [0.5, 0.6) is 11.5 Å². The second-order valence-electron chi connectivity index (χ2n) is 6.73. The zero-order valence-electron chi connectivity index (χ0n) is 17.3. The summed E-state index contributed by atoms with van der Waals surface area (Å²) in [5.41, 5.74) is 1.34. The van der Waals surface area contributed by atoms with Crippen molar-refractivity contribution in [1.29, 1.82) is 0 Å². The van der Waals surface area contributed by atoms with Crippen LogP contribution in [0.25, 0.3) is 6.08 Å². The molecule has 0 unspecified atom stereocenters. The average Bonchev–Trinajstić information content (AvgIpc) is 3.00. The van der Waals surface area contributed by atoms with Crippen LogP contribution in [0.3, 0.4) is 0 Å². The summed E-state index contributed by atoms with van der Waals surface area (Å²) < 4.78 is 12.7. The number of hydrogen-bond donors (Lipinski definition) is 1. The van der Waals surface area contributed by atoms with Gasteiger partial charge in [0.15, 0.2) is 11.5 Å². The van der Waals surface area contributed by atoms with E-state index in [9.17, 15) is 9.59 Å². The van der Waals surface area contributed by atoms with E-state index in [1.165, 1.54) is 4.90 Å². The Morgan fingerprint density at radius 2 is 1.97 bits per heavy atom. The van der Waals surface area contributed by atoms with Crippen molar-refractivity contribution in [1.82, 2.24) is 4.90 Å². The second-order valence-corrected chi connectivity index (χ2v) is 10.1. The quantitative estimate of drug-likeness (QED) is 0.267. The van der Waals surface area contributed by atoms with Crippen LogP contribution < -0.4 is 9.47 Å². The fourth-order valence-corrected chi connectivity index (χ4v) is 5.33. The number of carbonyl (C=O) groups is 2. The Kier molecular flexibility index (Phi) is 9.06. The third-order valence-electron chi connectivity index (χ3n) is 4.47. The Labute approximate surface area is 219 Å². The number of carboxylic acids is 1. The number of thioether (sulfide) groups is 1. The lowest BCUT2D eigenvalue weighted by Gasteiger charge is -2.16. The van der Waals surface area contributed by atoms with E-state index in [4.69, 9.17) is 50.0 Å². The summed E-state index contributed by atoms with van der Waals surface area (Å²) in [4.78, 5) is 25.2. The predicted octanol–water partition coefficient (Wildman–Crippen LogP) is 6.41. The number of thiocarbonyl (C=S) groups is 1. The summed E-state index contributed by atoms with van der Waals surface area (Å²) in [5, 5.41) is 9.88. The van der Waals surface area contributed by atoms with Crippen molar-refractivity contribution >= 4 is 85.4 Å². The number of rotatable bonds is 9. The molecule has 0 aromatic heterocycles. The maximum Gasteiger partial charge on any atom is 0.305 e. The van der Waals surface area contributed by atoms with Crippen molar-refractivity contribution < 1.29 is 24.2 Å². The molecule has 1 amide bonds. The van der Waals surface area contributed by atoms with Crippen LogP contribution >= 0.6 is 63.1 Å². The minimum absolute atomic E-state index is 0.0304. The summed E-state index contributed by atoms with van der Waals surface area (Å²) in [6.45, 7) is 2.42. The first-order valence-corrected chi connectivity index (χ1v) is 12.5. The molecule has 174 valence electrons. The second kappa shape index (κ2) is 11.6. The van der Waals surface area contributed by atoms with Gasteiger partial charge in [0.25, 0.3) is 5.91 Å². The molecule has 0 radical (unpaired) electrons. The van der Waals surface area contributed by atoms with Gasteiger partial charge in [-0.1, -0.05) is 53.2 Å². The van der Waals surface area contributed by atoms with Crippen molar-refractivity contribution in [2.75, 3.05) is 13.2 Å². The first kappa shape index (κ1) is 25.8. The molecule has 33 heavy (non-hydrogen) atoms. The van der Waals surface area contributed by atoms with Crippen LogP contribution in [0.15, 0.2) is 39.7 Å². The van der Waals surface area contributed by atoms with Gasteiger partial charge in [-0.2, -0.15) is 0 Å². The van der Waals surface area contributed by atoms with E-state index in [-0.39, 0.29) is 25.5 Å². The largest absolute Gasteiger partial charge is 0.490 e. The SMILES string of the molecule is CCOc1cc(/C=C2\SC(=S)N(CCC(=O)O)C2=O)cc(Br)c1OCc1c(Cl)cccc1Cl. The number of carboxylic acid groups (broad SMARTS) is 1. The lowest BCUT2D eigenvalue weighted by Crippen LogP contribution is -2.30. The van der Waals surface area contributed by atoms with Crippen molar-refractivity contribution in [3.8, 4) is 11.5 Å². The summed E-state index contributed by atoms with van der Waals surface area (Å²) in [6.07, 6.45) is 1.50. The van der Waals surface area contributed by atoms with Gasteiger partial charge in [0.2, 0.25) is 0 Å². The molecule has 1 aliphatic rings. The monoisotopic (exact) mass is 589 g/mol. The van der Waals surface area contributed by atoms with Crippen LogP contribution in [0.1, 0.15) is 24.5 Å². The molecule has 1 N–H and O–H groups in total. The number of halogens is 3. The first-order valence-electron chi connectivity index (χ1n) is 9.70. The lowest BCUT2D eigenvalue weighted by molar-refractivity contribution is -0.137. The fraction of sp³-hybridized carbons (Fsp3) is 0.227. The van der Waals surface area contributed by atoms with Gasteiger partial charge in [0, 0.05) is 22.2 Å². The topological polar surface area (TPSA) is 76.1 Å². The van der Waals surface area contributed by atoms with E-state index in [2.05, 4.69) is 15.9 Å². The predicted molar refractivity (Wildman–Crippen MR) is 138 cm³/mol. The number of hydrogen-bond acceptors (Lipinski definition) is 6. The average molecular weight is 591 g/mol. The van der Waals surface area contributed by atoms with Crippen molar-refractivity contribution in [2.45, 2.75) is 20.0 Å². The lowest BCUT2D eigenvalue weighted by atomic mass is 10.1. The van der Waals surface area contributed by atoms with Crippen LogP contribution in [0, 0.1) is 0 Å². The third kappa shape index (κ3) is 6.42. The number of aliphatic carboxylic acids is 1. The van der Waals surface area contributed by atoms with Crippen molar-refractivity contribution in [3.05, 3.63) is 60.9 Å². The molecule has 0 spiro atoms. The molecule has 0 atom stereocenters. The molecule has 0 saturated carbocycles. The van der Waals surface area contributed by atoms with E-state index in [0.29, 0.717) is 53.0 Å². The highest BCUT2D eigenvalue weighted by atomic mass is 79.9. The van der Waals surface area contributed by atoms with E-state index in [1.54, 1.807) is 36.4 Å².